The van der Waals surface area contributed by atoms with Crippen LogP contribution < -0.4 is 10.1 Å². The number of benzene rings is 1. The van der Waals surface area contributed by atoms with Crippen LogP contribution >= 0.6 is 0 Å². The molecule has 2 aromatic rings. The monoisotopic (exact) mass is 573 g/mol. The fourth-order valence-corrected chi connectivity index (χ4v) is 4.11. The molecule has 2 heterocycles. The number of piperazine rings is 1. The van der Waals surface area contributed by atoms with Crippen molar-refractivity contribution in [1.82, 2.24) is 24.9 Å². The van der Waals surface area contributed by atoms with Crippen molar-refractivity contribution >= 4 is 29.8 Å². The number of ether oxygens (including phenoxy) is 3. The predicted octanol–water partition coefficient (Wildman–Crippen LogP) is 1.47. The molecule has 0 aliphatic carbocycles. The van der Waals surface area contributed by atoms with Gasteiger partial charge in [0.15, 0.2) is 5.69 Å². The highest BCUT2D eigenvalue weighted by molar-refractivity contribution is 5.96. The Kier molecular flexibility index (Phi) is 11.5. The van der Waals surface area contributed by atoms with Crippen molar-refractivity contribution in [2.24, 2.45) is 0 Å². The van der Waals surface area contributed by atoms with Crippen molar-refractivity contribution in [2.75, 3.05) is 46.0 Å². The molecule has 3 amide bonds. The maximum atomic E-state index is 13.3. The highest BCUT2D eigenvalue weighted by Crippen LogP contribution is 2.20. The summed E-state index contributed by atoms with van der Waals surface area (Å²) in [7, 11) is 0. The average molecular weight is 574 g/mol. The van der Waals surface area contributed by atoms with Crippen LogP contribution in [0.25, 0.3) is 5.69 Å². The van der Waals surface area contributed by atoms with E-state index in [0.29, 0.717) is 5.69 Å². The maximum absolute atomic E-state index is 13.3. The normalized spacial score (nSPS) is 13.7. The number of carbonyl (C=O) groups is 5. The molecule has 1 fully saturated rings. The van der Waals surface area contributed by atoms with Crippen LogP contribution in [0.3, 0.4) is 0 Å². The van der Waals surface area contributed by atoms with Gasteiger partial charge in [0.25, 0.3) is 5.91 Å². The first-order valence-electron chi connectivity index (χ1n) is 13.4. The minimum Gasteiger partial charge on any atom is -0.481 e. The Bertz CT molecular complexity index is 1210. The summed E-state index contributed by atoms with van der Waals surface area (Å²) in [5, 5.41) is 16.2. The number of para-hydroxylation sites is 1. The van der Waals surface area contributed by atoms with E-state index < -0.39 is 35.9 Å². The number of esters is 1. The molecule has 2 N–H and O–H groups in total. The first-order valence-corrected chi connectivity index (χ1v) is 13.4. The van der Waals surface area contributed by atoms with Crippen LogP contribution in [0.15, 0.2) is 36.4 Å². The predicted molar refractivity (Wildman–Crippen MR) is 144 cm³/mol. The highest BCUT2D eigenvalue weighted by atomic mass is 16.6. The lowest BCUT2D eigenvalue weighted by Crippen LogP contribution is -2.56. The summed E-state index contributed by atoms with van der Waals surface area (Å²) < 4.78 is 17.0. The van der Waals surface area contributed by atoms with Crippen LogP contribution in [0.4, 0.5) is 4.79 Å². The van der Waals surface area contributed by atoms with Gasteiger partial charge in [-0.3, -0.25) is 19.2 Å². The van der Waals surface area contributed by atoms with Gasteiger partial charge in [0.1, 0.15) is 12.6 Å². The molecule has 41 heavy (non-hydrogen) atoms. The molecular formula is C27H35N5O9. The smallest absolute Gasteiger partial charge is 0.409 e. The SMILES string of the molecule is CCOC(=O)CCOc1cc(C(=O)NC(CCC(=O)O)C(=O)N2CCN(C(=O)OCC)CC2)nn1-c1ccccc1. The summed E-state index contributed by atoms with van der Waals surface area (Å²) in [5.41, 5.74) is 0.524. The van der Waals surface area contributed by atoms with Gasteiger partial charge in [0, 0.05) is 38.7 Å². The summed E-state index contributed by atoms with van der Waals surface area (Å²) in [6.45, 7) is 4.77. The number of rotatable bonds is 13. The molecule has 0 bridgehead atoms. The second-order valence-electron chi connectivity index (χ2n) is 8.99. The summed E-state index contributed by atoms with van der Waals surface area (Å²) in [6, 6.07) is 9.12. The first-order chi connectivity index (χ1) is 19.7. The van der Waals surface area contributed by atoms with Crippen molar-refractivity contribution in [3.05, 3.63) is 42.1 Å². The molecule has 1 unspecified atom stereocenters. The van der Waals surface area contributed by atoms with E-state index >= 15 is 0 Å². The summed E-state index contributed by atoms with van der Waals surface area (Å²) >= 11 is 0. The molecule has 1 atom stereocenters. The quantitative estimate of drug-likeness (QED) is 0.335. The lowest BCUT2D eigenvalue weighted by atomic mass is 10.1. The van der Waals surface area contributed by atoms with Gasteiger partial charge in [0.2, 0.25) is 11.8 Å². The van der Waals surface area contributed by atoms with Gasteiger partial charge in [-0.1, -0.05) is 18.2 Å². The zero-order valence-corrected chi connectivity index (χ0v) is 23.1. The van der Waals surface area contributed by atoms with Gasteiger partial charge in [-0.2, -0.15) is 5.10 Å². The molecule has 222 valence electrons. The number of hydrogen-bond donors (Lipinski definition) is 2. The van der Waals surface area contributed by atoms with Crippen molar-refractivity contribution in [3.63, 3.8) is 0 Å². The zero-order valence-electron chi connectivity index (χ0n) is 23.1. The van der Waals surface area contributed by atoms with Crippen LogP contribution in [-0.2, 0) is 23.9 Å². The highest BCUT2D eigenvalue weighted by Gasteiger charge is 2.31. The fraction of sp³-hybridized carbons (Fsp3) is 0.481. The Balaban J connectivity index is 1.74. The molecule has 14 nitrogen and oxygen atoms in total. The van der Waals surface area contributed by atoms with E-state index in [9.17, 15) is 29.1 Å². The largest absolute Gasteiger partial charge is 0.481 e. The number of carboxylic acid groups (broad SMARTS) is 1. The third-order valence-corrected chi connectivity index (χ3v) is 6.14. The Morgan fingerprint density at radius 1 is 0.951 bits per heavy atom. The van der Waals surface area contributed by atoms with Crippen LogP contribution in [0.2, 0.25) is 0 Å². The van der Waals surface area contributed by atoms with E-state index in [1.165, 1.54) is 20.5 Å². The number of amides is 3. The average Bonchev–Trinajstić information content (AvgIpc) is 3.40. The van der Waals surface area contributed by atoms with Crippen molar-refractivity contribution < 1.29 is 43.3 Å². The van der Waals surface area contributed by atoms with Crippen molar-refractivity contribution in [2.45, 2.75) is 39.2 Å². The van der Waals surface area contributed by atoms with E-state index in [2.05, 4.69) is 10.4 Å². The lowest BCUT2D eigenvalue weighted by Gasteiger charge is -2.35. The maximum Gasteiger partial charge on any atom is 0.409 e. The second-order valence-corrected chi connectivity index (χ2v) is 8.99. The van der Waals surface area contributed by atoms with Gasteiger partial charge in [-0.25, -0.2) is 9.48 Å². The van der Waals surface area contributed by atoms with E-state index in [0.717, 1.165) is 0 Å². The summed E-state index contributed by atoms with van der Waals surface area (Å²) in [4.78, 5) is 64.5. The first kappa shape index (κ1) is 30.9. The van der Waals surface area contributed by atoms with E-state index in [4.69, 9.17) is 14.2 Å². The van der Waals surface area contributed by atoms with E-state index in [1.54, 1.807) is 38.1 Å². The molecule has 1 aromatic heterocycles. The minimum absolute atomic E-state index is 0.00939. The van der Waals surface area contributed by atoms with E-state index in [1.807, 2.05) is 6.07 Å². The number of aromatic nitrogens is 2. The van der Waals surface area contributed by atoms with Gasteiger partial charge < -0.3 is 34.4 Å². The number of nitrogens with zero attached hydrogens (tertiary/aromatic N) is 4. The molecule has 3 rings (SSSR count). The molecule has 14 heteroatoms. The Hall–Kier alpha value is -4.62. The third-order valence-electron chi connectivity index (χ3n) is 6.14. The molecule has 1 aromatic carbocycles. The lowest BCUT2D eigenvalue weighted by molar-refractivity contribution is -0.143. The van der Waals surface area contributed by atoms with Gasteiger partial charge in [-0.05, 0) is 32.4 Å². The zero-order chi connectivity index (χ0) is 29.8. The Morgan fingerprint density at radius 3 is 2.24 bits per heavy atom. The van der Waals surface area contributed by atoms with Crippen LogP contribution in [0.1, 0.15) is 43.6 Å². The standard InChI is InChI=1S/C27H35N5O9/c1-3-39-24(35)12-17-41-22-18-21(29-32(22)19-8-6-5-7-9-19)25(36)28-20(10-11-23(33)34)26(37)30-13-15-31(16-14-30)27(38)40-4-2/h5-9,18,20H,3-4,10-17H2,1-2H3,(H,28,36)(H,33,34). The molecule has 0 saturated carbocycles. The van der Waals surface area contributed by atoms with Gasteiger partial charge in [0.05, 0.1) is 25.3 Å². The van der Waals surface area contributed by atoms with Crippen LogP contribution in [0.5, 0.6) is 5.88 Å². The van der Waals surface area contributed by atoms with Crippen LogP contribution in [-0.4, -0.2) is 107 Å². The molecular weight excluding hydrogens is 538 g/mol. The van der Waals surface area contributed by atoms with Crippen molar-refractivity contribution in [1.29, 1.82) is 0 Å². The second kappa shape index (κ2) is 15.2. The minimum atomic E-state index is -1.14. The number of hydrogen-bond acceptors (Lipinski definition) is 9. The van der Waals surface area contributed by atoms with Gasteiger partial charge in [-0.15, -0.1) is 0 Å². The third kappa shape index (κ3) is 8.95. The van der Waals surface area contributed by atoms with E-state index in [-0.39, 0.29) is 76.8 Å². The molecule has 0 radical (unpaired) electrons. The topological polar surface area (TPSA) is 170 Å². The van der Waals surface area contributed by atoms with Gasteiger partial charge >= 0.3 is 18.0 Å². The fourth-order valence-electron chi connectivity index (χ4n) is 4.11. The Morgan fingerprint density at radius 2 is 1.61 bits per heavy atom. The molecule has 1 aliphatic rings. The number of nitrogens with one attached hydrogen (secondary N) is 1. The number of carbonyl (C=O) groups excluding carboxylic acids is 4. The van der Waals surface area contributed by atoms with Crippen LogP contribution in [0, 0.1) is 0 Å². The van der Waals surface area contributed by atoms with Crippen molar-refractivity contribution in [3.8, 4) is 11.6 Å². The number of carboxylic acids is 1. The summed E-state index contributed by atoms with van der Waals surface area (Å²) in [5.74, 6) is -2.52. The molecule has 1 aliphatic heterocycles. The number of aliphatic carboxylic acids is 1. The molecule has 1 saturated heterocycles. The molecule has 0 spiro atoms. The Labute approximate surface area is 237 Å². The summed E-state index contributed by atoms with van der Waals surface area (Å²) in [6.07, 6.45) is -0.963.